The molecule has 0 bridgehead atoms. The van der Waals surface area contributed by atoms with Crippen LogP contribution in [0.2, 0.25) is 0 Å². The van der Waals surface area contributed by atoms with E-state index in [0.717, 1.165) is 12.3 Å². The van der Waals surface area contributed by atoms with Crippen LogP contribution in [-0.4, -0.2) is 156 Å². The second-order valence-electron chi connectivity index (χ2n) is 11.5. The number of hydrogen-bond donors (Lipinski definition) is 10. The zero-order valence-corrected chi connectivity index (χ0v) is 24.7. The van der Waals surface area contributed by atoms with Gasteiger partial charge in [0, 0.05) is 6.08 Å². The van der Waals surface area contributed by atoms with Crippen LogP contribution in [0.5, 0.6) is 5.75 Å². The van der Waals surface area contributed by atoms with E-state index in [1.807, 2.05) is 0 Å². The van der Waals surface area contributed by atoms with E-state index in [2.05, 4.69) is 0 Å². The highest BCUT2D eigenvalue weighted by Crippen LogP contribution is 2.48. The van der Waals surface area contributed by atoms with Gasteiger partial charge >= 0.3 is 5.97 Å². The number of benzene rings is 1. The highest BCUT2D eigenvalue weighted by molar-refractivity contribution is 5.87. The van der Waals surface area contributed by atoms with Gasteiger partial charge in [-0.15, -0.1) is 0 Å². The lowest BCUT2D eigenvalue weighted by Crippen LogP contribution is -2.64. The number of hydrogen-bond acceptors (Lipinski definition) is 17. The monoisotopic (exact) mass is 670 g/mol. The largest absolute Gasteiger partial charge is 0.508 e. The fourth-order valence-electron chi connectivity index (χ4n) is 5.97. The number of carbonyl (C=O) groups excluding carboxylic acids is 1. The van der Waals surface area contributed by atoms with Gasteiger partial charge in [0.15, 0.2) is 18.7 Å². The van der Waals surface area contributed by atoms with E-state index in [9.17, 15) is 55.9 Å². The Hall–Kier alpha value is -3.01. The summed E-state index contributed by atoms with van der Waals surface area (Å²) in [6.45, 7) is -2.19. The number of phenols is 1. The number of esters is 1. The van der Waals surface area contributed by atoms with Gasteiger partial charge in [-0.1, -0.05) is 18.2 Å². The summed E-state index contributed by atoms with van der Waals surface area (Å²) in [5.41, 5.74) is -1.29. The molecule has 1 aromatic rings. The molecule has 0 spiro atoms. The molecule has 0 unspecified atom stereocenters. The predicted molar refractivity (Wildman–Crippen MR) is 152 cm³/mol. The first-order chi connectivity index (χ1) is 22.4. The van der Waals surface area contributed by atoms with E-state index in [1.165, 1.54) is 42.5 Å². The quantitative estimate of drug-likeness (QED) is 0.0647. The first-order valence-electron chi connectivity index (χ1n) is 14.7. The first kappa shape index (κ1) is 35.3. The van der Waals surface area contributed by atoms with E-state index < -0.39 is 111 Å². The molecular weight excluding hydrogens is 632 g/mol. The fraction of sp³-hybridized carbons (Fsp3) is 0.567. The molecule has 17 nitrogen and oxygen atoms in total. The second-order valence-corrected chi connectivity index (χ2v) is 11.5. The Kier molecular flexibility index (Phi) is 11.0. The molecule has 0 aromatic heterocycles. The molecule has 0 amide bonds. The molecule has 5 rings (SSSR count). The van der Waals surface area contributed by atoms with Crippen LogP contribution < -0.4 is 0 Å². The molecular formula is C30H38O17. The number of ether oxygens (including phenoxy) is 6. The first-order valence-corrected chi connectivity index (χ1v) is 14.7. The summed E-state index contributed by atoms with van der Waals surface area (Å²) in [6, 6.07) is 5.85. The van der Waals surface area contributed by atoms with Crippen LogP contribution in [0.4, 0.5) is 0 Å². The van der Waals surface area contributed by atoms with Crippen molar-refractivity contribution in [2.24, 2.45) is 5.92 Å². The van der Waals surface area contributed by atoms with E-state index in [0.29, 0.717) is 5.56 Å². The highest BCUT2D eigenvalue weighted by atomic mass is 16.8. The van der Waals surface area contributed by atoms with Crippen molar-refractivity contribution in [2.75, 3.05) is 19.8 Å². The van der Waals surface area contributed by atoms with Gasteiger partial charge in [0.1, 0.15) is 60.2 Å². The van der Waals surface area contributed by atoms with Crippen LogP contribution in [0.1, 0.15) is 5.56 Å². The summed E-state index contributed by atoms with van der Waals surface area (Å²) < 4.78 is 33.9. The molecule has 3 aliphatic heterocycles. The van der Waals surface area contributed by atoms with Crippen molar-refractivity contribution in [3.8, 4) is 5.75 Å². The average Bonchev–Trinajstić information content (AvgIpc) is 3.35. The summed E-state index contributed by atoms with van der Waals surface area (Å²) in [6.07, 6.45) is -14.0. The third-order valence-corrected chi connectivity index (χ3v) is 8.53. The van der Waals surface area contributed by atoms with Gasteiger partial charge in [-0.25, -0.2) is 4.79 Å². The number of fused-ring (bicyclic) bond motifs is 1. The van der Waals surface area contributed by atoms with Crippen molar-refractivity contribution in [3.63, 3.8) is 0 Å². The molecule has 2 saturated heterocycles. The van der Waals surface area contributed by atoms with E-state index in [4.69, 9.17) is 28.4 Å². The average molecular weight is 671 g/mol. The minimum Gasteiger partial charge on any atom is -0.508 e. The number of aromatic hydroxyl groups is 1. The number of phenolic OH excluding ortho intramolecular Hbond substituents is 1. The molecule has 4 aliphatic rings. The van der Waals surface area contributed by atoms with Gasteiger partial charge in [-0.2, -0.15) is 0 Å². The summed E-state index contributed by atoms with van der Waals surface area (Å²) in [7, 11) is 0. The second kappa shape index (κ2) is 14.6. The SMILES string of the molecule is O=C(C=Cc1ccc(O)cc1)O[C@@H]1[C@@H](O)[C@H](O[C@@]23C=CO[C@@H](O[C@@H]4O[C@H](CO)[C@@H](O)[C@H](O)[C@H]4O)[C@@H]2C(CO)=C[C@H]3O)O[C@H](CO)[C@H]1O. The molecule has 3 heterocycles. The molecule has 1 aromatic carbocycles. The molecule has 260 valence electrons. The molecule has 2 fully saturated rings. The smallest absolute Gasteiger partial charge is 0.331 e. The molecule has 1 aliphatic carbocycles. The Bertz CT molecular complexity index is 1320. The Morgan fingerprint density at radius 3 is 2.15 bits per heavy atom. The van der Waals surface area contributed by atoms with Crippen molar-refractivity contribution >= 4 is 12.0 Å². The molecule has 10 N–H and O–H groups in total. The van der Waals surface area contributed by atoms with Gasteiger partial charge in [-0.3, -0.25) is 0 Å². The number of aliphatic hydroxyl groups is 9. The Labute approximate surface area is 267 Å². The molecule has 17 heteroatoms. The van der Waals surface area contributed by atoms with Crippen molar-refractivity contribution in [1.29, 1.82) is 0 Å². The lowest BCUT2D eigenvalue weighted by atomic mass is 9.82. The van der Waals surface area contributed by atoms with Crippen LogP contribution in [0.25, 0.3) is 6.08 Å². The van der Waals surface area contributed by atoms with Crippen LogP contribution in [0, 0.1) is 5.92 Å². The zero-order valence-electron chi connectivity index (χ0n) is 24.7. The summed E-state index contributed by atoms with van der Waals surface area (Å²) >= 11 is 0. The van der Waals surface area contributed by atoms with Gasteiger partial charge in [0.05, 0.1) is 32.0 Å². The van der Waals surface area contributed by atoms with Crippen LogP contribution in [0.15, 0.2) is 54.3 Å². The maximum absolute atomic E-state index is 12.7. The highest BCUT2D eigenvalue weighted by Gasteiger charge is 2.60. The van der Waals surface area contributed by atoms with Crippen LogP contribution in [0.3, 0.4) is 0 Å². The number of rotatable bonds is 10. The third-order valence-electron chi connectivity index (χ3n) is 8.53. The van der Waals surface area contributed by atoms with E-state index >= 15 is 0 Å². The van der Waals surface area contributed by atoms with Gasteiger partial charge < -0.3 is 79.5 Å². The standard InChI is InChI=1S/C30H38O17/c31-10-14-9-18(35)30(7-8-42-27(20(14)30)46-28-24(40)23(39)21(37)16(11-32)43-28)47-29-25(41)26(22(38)17(12-33)44-29)45-19(36)6-3-13-1-4-15(34)5-2-13/h1-9,16-18,20-29,31-35,37-41H,10-12H2/t16-,17-,18-,20+,21-,22-,23+,24-,25-,26+,27+,28+,29+,30-/m1/s1. The minimum absolute atomic E-state index is 0.0146. The maximum Gasteiger partial charge on any atom is 0.331 e. The van der Waals surface area contributed by atoms with Crippen molar-refractivity contribution in [2.45, 2.75) is 79.4 Å². The minimum atomic E-state index is -1.93. The summed E-state index contributed by atoms with van der Waals surface area (Å²) in [4.78, 5) is 12.7. The Balaban J connectivity index is 1.37. The molecule has 47 heavy (non-hydrogen) atoms. The van der Waals surface area contributed by atoms with Crippen molar-refractivity contribution < 1.29 is 84.3 Å². The Morgan fingerprint density at radius 1 is 0.830 bits per heavy atom. The maximum atomic E-state index is 12.7. The third kappa shape index (κ3) is 6.94. The van der Waals surface area contributed by atoms with Gasteiger partial charge in [-0.05, 0) is 35.4 Å². The normalized spacial score (nSPS) is 41.7. The van der Waals surface area contributed by atoms with Crippen LogP contribution >= 0.6 is 0 Å². The van der Waals surface area contributed by atoms with E-state index in [-0.39, 0.29) is 11.3 Å². The number of carbonyl (C=O) groups is 1. The zero-order chi connectivity index (χ0) is 34.0. The lowest BCUT2D eigenvalue weighted by molar-refractivity contribution is -0.362. The number of aliphatic hydroxyl groups excluding tert-OH is 9. The van der Waals surface area contributed by atoms with Gasteiger partial charge in [0.2, 0.25) is 6.29 Å². The Morgan fingerprint density at radius 2 is 1.49 bits per heavy atom. The molecule has 0 radical (unpaired) electrons. The predicted octanol–water partition coefficient (Wildman–Crippen LogP) is -3.89. The fourth-order valence-corrected chi connectivity index (χ4v) is 5.97. The van der Waals surface area contributed by atoms with Crippen molar-refractivity contribution in [3.05, 3.63) is 59.9 Å². The topological polar surface area (TPSA) is 275 Å². The lowest BCUT2D eigenvalue weighted by Gasteiger charge is -2.49. The van der Waals surface area contributed by atoms with Crippen molar-refractivity contribution in [1.82, 2.24) is 0 Å². The summed E-state index contributed by atoms with van der Waals surface area (Å²) in [5.74, 6) is -2.22. The van der Waals surface area contributed by atoms with Gasteiger partial charge in [0.25, 0.3) is 0 Å². The van der Waals surface area contributed by atoms with Crippen LogP contribution in [-0.2, 0) is 33.2 Å². The molecule has 14 atom stereocenters. The summed E-state index contributed by atoms with van der Waals surface area (Å²) in [5, 5.41) is 103. The molecule has 0 saturated carbocycles. The van der Waals surface area contributed by atoms with E-state index in [1.54, 1.807) is 0 Å².